The van der Waals surface area contributed by atoms with Gasteiger partial charge in [-0.3, -0.25) is 9.59 Å². The summed E-state index contributed by atoms with van der Waals surface area (Å²) in [6.45, 7) is 3.75. The predicted molar refractivity (Wildman–Crippen MR) is 114 cm³/mol. The monoisotopic (exact) mass is 411 g/mol. The van der Waals surface area contributed by atoms with Crippen molar-refractivity contribution in [2.75, 3.05) is 26.2 Å². The van der Waals surface area contributed by atoms with Gasteiger partial charge in [-0.05, 0) is 49.9 Å². The molecule has 30 heavy (non-hydrogen) atoms. The number of para-hydroxylation sites is 2. The molecular weight excluding hydrogens is 382 g/mol. The van der Waals surface area contributed by atoms with E-state index in [2.05, 4.69) is 17.2 Å². The van der Waals surface area contributed by atoms with Gasteiger partial charge >= 0.3 is 0 Å². The van der Waals surface area contributed by atoms with Crippen molar-refractivity contribution in [3.05, 3.63) is 48.2 Å². The lowest BCUT2D eigenvalue weighted by Gasteiger charge is -2.23. The highest BCUT2D eigenvalue weighted by atomic mass is 16.5. The molecule has 0 radical (unpaired) electrons. The summed E-state index contributed by atoms with van der Waals surface area (Å²) in [6.07, 6.45) is 6.03. The van der Waals surface area contributed by atoms with Crippen LogP contribution in [0.5, 0.6) is 17.4 Å². The van der Waals surface area contributed by atoms with Crippen molar-refractivity contribution in [2.45, 2.75) is 39.0 Å². The number of rotatable bonds is 5. The zero-order valence-corrected chi connectivity index (χ0v) is 17.4. The fourth-order valence-corrected chi connectivity index (χ4v) is 3.21. The molecule has 0 atom stereocenters. The maximum absolute atomic E-state index is 13.3. The van der Waals surface area contributed by atoms with Crippen LogP contribution < -0.4 is 14.8 Å². The summed E-state index contributed by atoms with van der Waals surface area (Å²) in [4.78, 5) is 31.5. The fraction of sp³-hybridized carbons (Fsp3) is 0.435. The minimum Gasteiger partial charge on any atom is -0.490 e. The van der Waals surface area contributed by atoms with Gasteiger partial charge in [-0.2, -0.15) is 0 Å². The van der Waals surface area contributed by atoms with Gasteiger partial charge in [0.25, 0.3) is 5.91 Å². The Morgan fingerprint density at radius 3 is 2.80 bits per heavy atom. The molecule has 2 amide bonds. The van der Waals surface area contributed by atoms with Gasteiger partial charge in [-0.1, -0.05) is 25.5 Å². The molecule has 2 aromatic rings. The fourth-order valence-electron chi connectivity index (χ4n) is 3.21. The summed E-state index contributed by atoms with van der Waals surface area (Å²) in [6, 6.07) is 10.7. The van der Waals surface area contributed by atoms with Gasteiger partial charge in [0.2, 0.25) is 11.8 Å². The second kappa shape index (κ2) is 11.2. The molecule has 160 valence electrons. The van der Waals surface area contributed by atoms with Crippen LogP contribution in [0.1, 0.15) is 49.4 Å². The Kier molecular flexibility index (Phi) is 8.06. The van der Waals surface area contributed by atoms with E-state index in [1.165, 1.54) is 0 Å². The van der Waals surface area contributed by atoms with Crippen molar-refractivity contribution in [3.8, 4) is 17.4 Å². The summed E-state index contributed by atoms with van der Waals surface area (Å²) < 4.78 is 11.8. The lowest BCUT2D eigenvalue weighted by atomic mass is 10.2. The number of nitrogens with zero attached hydrogens (tertiary/aromatic N) is 2. The molecule has 0 saturated heterocycles. The summed E-state index contributed by atoms with van der Waals surface area (Å²) >= 11 is 0. The zero-order valence-electron chi connectivity index (χ0n) is 17.4. The molecule has 2 heterocycles. The van der Waals surface area contributed by atoms with Gasteiger partial charge in [-0.25, -0.2) is 4.98 Å². The van der Waals surface area contributed by atoms with Gasteiger partial charge in [0.1, 0.15) is 5.56 Å². The average Bonchev–Trinajstić information content (AvgIpc) is 2.77. The van der Waals surface area contributed by atoms with Crippen LogP contribution in [-0.4, -0.2) is 47.9 Å². The van der Waals surface area contributed by atoms with E-state index in [1.54, 1.807) is 29.3 Å². The number of pyridine rings is 1. The highest BCUT2D eigenvalue weighted by Crippen LogP contribution is 2.32. The first-order valence-electron chi connectivity index (χ1n) is 10.6. The number of hydrogen-bond donors (Lipinski definition) is 1. The Morgan fingerprint density at radius 1 is 1.13 bits per heavy atom. The number of amides is 2. The average molecular weight is 412 g/mol. The van der Waals surface area contributed by atoms with E-state index in [4.69, 9.17) is 9.47 Å². The first-order valence-corrected chi connectivity index (χ1v) is 10.6. The maximum Gasteiger partial charge on any atom is 0.259 e. The molecule has 3 rings (SSSR count). The topological polar surface area (TPSA) is 80.8 Å². The Balaban J connectivity index is 1.85. The van der Waals surface area contributed by atoms with E-state index in [0.717, 1.165) is 32.1 Å². The normalized spacial score (nSPS) is 14.7. The van der Waals surface area contributed by atoms with Crippen molar-refractivity contribution >= 4 is 11.8 Å². The third kappa shape index (κ3) is 5.95. The highest BCUT2D eigenvalue weighted by Gasteiger charge is 2.23. The van der Waals surface area contributed by atoms with Crippen molar-refractivity contribution in [2.24, 2.45) is 0 Å². The number of benzene rings is 1. The zero-order chi connectivity index (χ0) is 21.2. The molecule has 1 aliphatic heterocycles. The third-order valence-corrected chi connectivity index (χ3v) is 4.86. The van der Waals surface area contributed by atoms with Crippen LogP contribution in [-0.2, 0) is 4.79 Å². The molecule has 0 spiro atoms. The molecule has 1 aliphatic rings. The predicted octanol–water partition coefficient (Wildman–Crippen LogP) is 3.80. The Labute approximate surface area is 177 Å². The Hall–Kier alpha value is -3.09. The Bertz CT molecular complexity index is 856. The molecule has 0 fully saturated rings. The maximum atomic E-state index is 13.3. The number of unbranched alkanes of at least 4 members (excludes halogenated alkanes) is 1. The summed E-state index contributed by atoms with van der Waals surface area (Å²) in [5.41, 5.74) is 0.327. The molecule has 0 aliphatic carbocycles. The SMILES string of the molecule is CCCCNC(=O)CN1CCCCCOc2ccccc2Oc2ncccc2C1=O. The molecule has 7 heteroatoms. The van der Waals surface area contributed by atoms with Crippen LogP contribution in [0.15, 0.2) is 42.6 Å². The van der Waals surface area contributed by atoms with Crippen LogP contribution in [0, 0.1) is 0 Å². The van der Waals surface area contributed by atoms with Gasteiger partial charge in [0, 0.05) is 19.3 Å². The highest BCUT2D eigenvalue weighted by molar-refractivity contribution is 5.98. The molecule has 7 nitrogen and oxygen atoms in total. The van der Waals surface area contributed by atoms with Crippen molar-refractivity contribution in [3.63, 3.8) is 0 Å². The molecule has 0 bridgehead atoms. The van der Waals surface area contributed by atoms with Crippen LogP contribution in [0.3, 0.4) is 0 Å². The number of nitrogens with one attached hydrogen (secondary N) is 1. The van der Waals surface area contributed by atoms with Crippen LogP contribution in [0.2, 0.25) is 0 Å². The lowest BCUT2D eigenvalue weighted by molar-refractivity contribution is -0.121. The Morgan fingerprint density at radius 2 is 1.97 bits per heavy atom. The van der Waals surface area contributed by atoms with E-state index in [9.17, 15) is 9.59 Å². The number of hydrogen-bond acceptors (Lipinski definition) is 5. The first-order chi connectivity index (χ1) is 14.7. The summed E-state index contributed by atoms with van der Waals surface area (Å²) in [5.74, 6) is 0.915. The number of carbonyl (C=O) groups excluding carboxylic acids is 2. The van der Waals surface area contributed by atoms with E-state index in [0.29, 0.717) is 36.8 Å². The largest absolute Gasteiger partial charge is 0.490 e. The van der Waals surface area contributed by atoms with Crippen molar-refractivity contribution in [1.82, 2.24) is 15.2 Å². The minimum absolute atomic E-state index is 0.0178. The molecule has 0 unspecified atom stereocenters. The van der Waals surface area contributed by atoms with Crippen molar-refractivity contribution in [1.29, 1.82) is 0 Å². The number of fused-ring (bicyclic) bond motifs is 2. The summed E-state index contributed by atoms with van der Waals surface area (Å²) in [5, 5.41) is 2.89. The van der Waals surface area contributed by atoms with Gasteiger partial charge in [0.05, 0.1) is 13.2 Å². The van der Waals surface area contributed by atoms with Crippen LogP contribution >= 0.6 is 0 Å². The second-order valence-corrected chi connectivity index (χ2v) is 7.24. The molecule has 1 N–H and O–H groups in total. The van der Waals surface area contributed by atoms with Gasteiger partial charge < -0.3 is 19.7 Å². The smallest absolute Gasteiger partial charge is 0.259 e. The number of carbonyl (C=O) groups is 2. The van der Waals surface area contributed by atoms with Crippen molar-refractivity contribution < 1.29 is 19.1 Å². The van der Waals surface area contributed by atoms with E-state index >= 15 is 0 Å². The van der Waals surface area contributed by atoms with Gasteiger partial charge in [0.15, 0.2) is 11.5 Å². The lowest BCUT2D eigenvalue weighted by Crippen LogP contribution is -2.41. The molecule has 1 aromatic heterocycles. The molecule has 1 aromatic carbocycles. The van der Waals surface area contributed by atoms with E-state index in [-0.39, 0.29) is 24.2 Å². The number of aromatic nitrogens is 1. The van der Waals surface area contributed by atoms with Gasteiger partial charge in [-0.15, -0.1) is 0 Å². The standard InChI is InChI=1S/C23H29N3O4/c1-2-3-13-24-21(27)17-26-15-7-4-8-16-29-19-11-5-6-12-20(19)30-22-18(23(26)28)10-9-14-25-22/h5-6,9-12,14H,2-4,7-8,13,15-17H2,1H3,(H,24,27). The van der Waals surface area contributed by atoms with E-state index < -0.39 is 0 Å². The molecular formula is C23H29N3O4. The molecule has 0 saturated carbocycles. The summed E-state index contributed by atoms with van der Waals surface area (Å²) in [7, 11) is 0. The van der Waals surface area contributed by atoms with Crippen LogP contribution in [0.4, 0.5) is 0 Å². The second-order valence-electron chi connectivity index (χ2n) is 7.24. The van der Waals surface area contributed by atoms with Crippen LogP contribution in [0.25, 0.3) is 0 Å². The quantitative estimate of drug-likeness (QED) is 0.757. The van der Waals surface area contributed by atoms with E-state index in [1.807, 2.05) is 18.2 Å². The number of ether oxygens (including phenoxy) is 2. The first kappa shape index (κ1) is 21.6. The minimum atomic E-state index is -0.263. The third-order valence-electron chi connectivity index (χ3n) is 4.86.